The Morgan fingerprint density at radius 2 is 1.73 bits per heavy atom. The summed E-state index contributed by atoms with van der Waals surface area (Å²) in [5, 5.41) is 2.76. The van der Waals surface area contributed by atoms with E-state index in [4.69, 9.17) is 14.2 Å². The lowest BCUT2D eigenvalue weighted by atomic mass is 9.86. The second-order valence-electron chi connectivity index (χ2n) is 8.66. The first-order valence-electron chi connectivity index (χ1n) is 10.6. The fraction of sp³-hybridized carbons (Fsp3) is 0.458. The number of amides is 1. The van der Waals surface area contributed by atoms with Crippen molar-refractivity contribution in [1.82, 2.24) is 5.32 Å². The van der Waals surface area contributed by atoms with Gasteiger partial charge in [0.1, 0.15) is 29.9 Å². The van der Waals surface area contributed by atoms with Crippen LogP contribution in [0.15, 0.2) is 42.5 Å². The third kappa shape index (κ3) is 6.77. The van der Waals surface area contributed by atoms with E-state index in [9.17, 15) is 13.2 Å². The van der Waals surface area contributed by atoms with E-state index in [0.29, 0.717) is 11.5 Å². The van der Waals surface area contributed by atoms with E-state index >= 15 is 0 Å². The number of para-hydroxylation sites is 1. The number of ether oxygens (including phenoxy) is 3. The molecule has 2 aromatic rings. The summed E-state index contributed by atoms with van der Waals surface area (Å²) >= 11 is 0. The van der Waals surface area contributed by atoms with Crippen LogP contribution in [-0.2, 0) is 20.2 Å². The molecular weight excluding hydrogens is 444 g/mol. The minimum Gasteiger partial charge on any atom is -0.497 e. The zero-order valence-electron chi connectivity index (χ0n) is 20.3. The Morgan fingerprint density at radius 3 is 2.30 bits per heavy atom. The molecule has 8 nitrogen and oxygen atoms in total. The van der Waals surface area contributed by atoms with E-state index in [1.54, 1.807) is 12.1 Å². The summed E-state index contributed by atoms with van der Waals surface area (Å²) < 4.78 is 42.7. The van der Waals surface area contributed by atoms with Crippen molar-refractivity contribution in [3.05, 3.63) is 48.0 Å². The summed E-state index contributed by atoms with van der Waals surface area (Å²) in [6.45, 7) is 8.29. The molecule has 1 atom stereocenters. The minimum absolute atomic E-state index is 0.0832. The number of hydrogen-bond donors (Lipinski definition) is 1. The topological polar surface area (TPSA) is 94.2 Å². The Hall–Kier alpha value is -2.94. The predicted octanol–water partition coefficient (Wildman–Crippen LogP) is 3.35. The van der Waals surface area contributed by atoms with Crippen molar-refractivity contribution >= 4 is 21.6 Å². The molecule has 0 aliphatic carbocycles. The van der Waals surface area contributed by atoms with Crippen LogP contribution in [0.1, 0.15) is 33.3 Å². The molecule has 0 spiro atoms. The zero-order chi connectivity index (χ0) is 24.8. The van der Waals surface area contributed by atoms with E-state index in [-0.39, 0.29) is 24.3 Å². The van der Waals surface area contributed by atoms with Gasteiger partial charge in [-0.15, -0.1) is 0 Å². The molecule has 1 amide bonds. The third-order valence-corrected chi connectivity index (χ3v) is 6.29. The molecule has 0 saturated heterocycles. The third-order valence-electron chi connectivity index (χ3n) is 5.07. The van der Waals surface area contributed by atoms with E-state index in [1.807, 2.05) is 24.3 Å². The van der Waals surface area contributed by atoms with Gasteiger partial charge in [-0.2, -0.15) is 0 Å². The molecule has 0 saturated carbocycles. The summed E-state index contributed by atoms with van der Waals surface area (Å²) in [4.78, 5) is 12.9. The number of anilines is 1. The zero-order valence-corrected chi connectivity index (χ0v) is 21.2. The first kappa shape index (κ1) is 26.3. The molecule has 0 unspecified atom stereocenters. The maximum absolute atomic E-state index is 12.9. The monoisotopic (exact) mass is 478 g/mol. The highest BCUT2D eigenvalue weighted by Gasteiger charge is 2.31. The molecule has 0 heterocycles. The summed E-state index contributed by atoms with van der Waals surface area (Å²) in [7, 11) is -0.899. The molecule has 0 aliphatic heterocycles. The van der Waals surface area contributed by atoms with Crippen molar-refractivity contribution < 1.29 is 27.4 Å². The van der Waals surface area contributed by atoms with Gasteiger partial charge >= 0.3 is 0 Å². The fourth-order valence-corrected chi connectivity index (χ4v) is 4.62. The Balaban J connectivity index is 2.13. The van der Waals surface area contributed by atoms with E-state index < -0.39 is 22.0 Å². The van der Waals surface area contributed by atoms with Crippen LogP contribution in [0.25, 0.3) is 0 Å². The quantitative estimate of drug-likeness (QED) is 0.527. The van der Waals surface area contributed by atoms with Crippen LogP contribution in [0.3, 0.4) is 0 Å². The van der Waals surface area contributed by atoms with E-state index in [2.05, 4.69) is 26.1 Å². The molecule has 33 heavy (non-hydrogen) atoms. The molecule has 2 aromatic carbocycles. The van der Waals surface area contributed by atoms with Gasteiger partial charge in [-0.25, -0.2) is 8.42 Å². The Kier molecular flexibility index (Phi) is 8.60. The van der Waals surface area contributed by atoms with Crippen molar-refractivity contribution in [2.45, 2.75) is 39.2 Å². The van der Waals surface area contributed by atoms with E-state index in [0.717, 1.165) is 21.9 Å². The van der Waals surface area contributed by atoms with Crippen LogP contribution in [0, 0.1) is 0 Å². The molecule has 0 aromatic heterocycles. The summed E-state index contributed by atoms with van der Waals surface area (Å²) in [6.07, 6.45) is 1.04. The number of methoxy groups -OCH3 is 2. The second kappa shape index (κ2) is 10.8. The van der Waals surface area contributed by atoms with Crippen molar-refractivity contribution in [2.24, 2.45) is 0 Å². The maximum atomic E-state index is 12.9. The van der Waals surface area contributed by atoms with Crippen LogP contribution >= 0.6 is 0 Å². The van der Waals surface area contributed by atoms with E-state index in [1.165, 1.54) is 27.2 Å². The molecule has 9 heteroatoms. The van der Waals surface area contributed by atoms with Crippen molar-refractivity contribution in [2.75, 3.05) is 37.9 Å². The summed E-state index contributed by atoms with van der Waals surface area (Å²) in [5.74, 6) is 1.05. The molecule has 182 valence electrons. The molecule has 2 rings (SSSR count). The van der Waals surface area contributed by atoms with Gasteiger partial charge in [-0.3, -0.25) is 9.10 Å². The van der Waals surface area contributed by atoms with Crippen molar-refractivity contribution in [1.29, 1.82) is 0 Å². The molecule has 0 aliphatic rings. The predicted molar refractivity (Wildman–Crippen MR) is 130 cm³/mol. The van der Waals surface area contributed by atoms with Crippen LogP contribution < -0.4 is 23.8 Å². The van der Waals surface area contributed by atoms with Crippen molar-refractivity contribution in [3.8, 4) is 17.2 Å². The summed E-state index contributed by atoms with van der Waals surface area (Å²) in [5.41, 5.74) is 1.20. The Bertz CT molecular complexity index is 1060. The van der Waals surface area contributed by atoms with Gasteiger partial charge < -0.3 is 19.5 Å². The summed E-state index contributed by atoms with van der Waals surface area (Å²) in [6, 6.07) is 11.5. The highest BCUT2D eigenvalue weighted by molar-refractivity contribution is 7.92. The highest BCUT2D eigenvalue weighted by Crippen LogP contribution is 2.35. The van der Waals surface area contributed by atoms with Gasteiger partial charge in [0.25, 0.3) is 0 Å². The average Bonchev–Trinajstić information content (AvgIpc) is 2.75. The smallest absolute Gasteiger partial charge is 0.243 e. The van der Waals surface area contributed by atoms with Gasteiger partial charge in [-0.1, -0.05) is 39.0 Å². The number of rotatable bonds is 10. The number of sulfonamides is 1. The number of benzene rings is 2. The van der Waals surface area contributed by atoms with Crippen LogP contribution in [0.2, 0.25) is 0 Å². The Morgan fingerprint density at radius 1 is 1.06 bits per heavy atom. The largest absolute Gasteiger partial charge is 0.497 e. The minimum atomic E-state index is -3.81. The molecular formula is C24H34N2O6S. The van der Waals surface area contributed by atoms with Gasteiger partial charge in [0.2, 0.25) is 15.9 Å². The lowest BCUT2D eigenvalue weighted by molar-refractivity contribution is -0.121. The van der Waals surface area contributed by atoms with Gasteiger partial charge in [0.05, 0.1) is 32.7 Å². The first-order chi connectivity index (χ1) is 15.4. The fourth-order valence-electron chi connectivity index (χ4n) is 3.45. The van der Waals surface area contributed by atoms with Gasteiger partial charge in [0.15, 0.2) is 0 Å². The standard InChI is InChI=1S/C24H34N2O6S/c1-17(26(33(7,28)29)20-16-18(30-5)12-13-22(20)31-6)23(27)25-14-15-32-21-11-9-8-10-19(21)24(2,3)4/h8-13,16-17H,14-15H2,1-7H3,(H,25,27)/t17-/m1/s1. The Labute approximate surface area is 196 Å². The SMILES string of the molecule is COc1ccc(OC)c(N([C@H](C)C(=O)NCCOc2ccccc2C(C)(C)C)S(C)(=O)=O)c1. The molecule has 0 radical (unpaired) electrons. The van der Waals surface area contributed by atoms with Crippen LogP contribution in [0.4, 0.5) is 5.69 Å². The highest BCUT2D eigenvalue weighted by atomic mass is 32.2. The molecule has 1 N–H and O–H groups in total. The number of carbonyl (C=O) groups excluding carboxylic acids is 1. The molecule has 0 bridgehead atoms. The lowest BCUT2D eigenvalue weighted by Crippen LogP contribution is -2.48. The van der Waals surface area contributed by atoms with Crippen LogP contribution in [0.5, 0.6) is 17.2 Å². The number of nitrogens with zero attached hydrogens (tertiary/aromatic N) is 1. The number of carbonyl (C=O) groups is 1. The van der Waals surface area contributed by atoms with Gasteiger partial charge in [-0.05, 0) is 36.1 Å². The lowest BCUT2D eigenvalue weighted by Gasteiger charge is -2.29. The van der Waals surface area contributed by atoms with Crippen molar-refractivity contribution in [3.63, 3.8) is 0 Å². The first-order valence-corrected chi connectivity index (χ1v) is 12.5. The average molecular weight is 479 g/mol. The number of hydrogen-bond acceptors (Lipinski definition) is 6. The second-order valence-corrected chi connectivity index (χ2v) is 10.5. The number of nitrogens with one attached hydrogen (secondary N) is 1. The molecule has 0 fully saturated rings. The van der Waals surface area contributed by atoms with Crippen LogP contribution in [-0.4, -0.2) is 54.0 Å². The normalized spacial score (nSPS) is 12.6. The van der Waals surface area contributed by atoms with Gasteiger partial charge in [0, 0.05) is 6.07 Å². The maximum Gasteiger partial charge on any atom is 0.243 e.